The van der Waals surface area contributed by atoms with Crippen LogP contribution in [0.1, 0.15) is 23.8 Å². The van der Waals surface area contributed by atoms with Gasteiger partial charge in [0.2, 0.25) is 0 Å². The summed E-state index contributed by atoms with van der Waals surface area (Å²) >= 11 is 0. The normalized spacial score (nSPS) is 18.0. The summed E-state index contributed by atoms with van der Waals surface area (Å²) in [5.74, 6) is 0.246. The number of aryl methyl sites for hydroxylation is 1. The van der Waals surface area contributed by atoms with Crippen molar-refractivity contribution in [1.82, 2.24) is 4.98 Å². The van der Waals surface area contributed by atoms with Gasteiger partial charge in [-0.1, -0.05) is 0 Å². The Bertz CT molecular complexity index is 647. The van der Waals surface area contributed by atoms with Crippen molar-refractivity contribution in [2.45, 2.75) is 18.9 Å². The van der Waals surface area contributed by atoms with Crippen LogP contribution in [0.4, 0.5) is 5.69 Å². The molecule has 0 bridgehead atoms. The van der Waals surface area contributed by atoms with Crippen LogP contribution >= 0.6 is 0 Å². The van der Waals surface area contributed by atoms with Gasteiger partial charge in [0.1, 0.15) is 0 Å². The van der Waals surface area contributed by atoms with Crippen molar-refractivity contribution >= 4 is 16.6 Å². The number of nitrogens with zero attached hydrogens (tertiary/aromatic N) is 1. The summed E-state index contributed by atoms with van der Waals surface area (Å²) in [5, 5.41) is 21.6. The lowest BCUT2D eigenvalue weighted by molar-refractivity contribution is -0.384. The third kappa shape index (κ3) is 1.32. The number of aliphatic hydroxyl groups is 1. The van der Waals surface area contributed by atoms with Gasteiger partial charge < -0.3 is 14.8 Å². The Morgan fingerprint density at radius 3 is 3.00 bits per heavy atom. The van der Waals surface area contributed by atoms with Crippen LogP contribution in [0.3, 0.4) is 0 Å². The maximum absolute atomic E-state index is 11.2. The SMILES string of the molecule is COc1ccc2[nH]c3c(c2c1[N+](=O)[O-])CCC3O. The number of nitro groups is 1. The molecule has 1 aliphatic rings. The number of aliphatic hydroxyl groups excluding tert-OH is 1. The number of nitro benzene ring substituents is 1. The molecule has 2 N–H and O–H groups in total. The summed E-state index contributed by atoms with van der Waals surface area (Å²) in [6.45, 7) is 0. The minimum absolute atomic E-state index is 0.0263. The van der Waals surface area contributed by atoms with E-state index in [4.69, 9.17) is 4.74 Å². The van der Waals surface area contributed by atoms with Crippen LogP contribution in [-0.2, 0) is 6.42 Å². The molecule has 0 saturated heterocycles. The molecule has 2 aromatic rings. The van der Waals surface area contributed by atoms with E-state index in [1.807, 2.05) is 0 Å². The van der Waals surface area contributed by atoms with Gasteiger partial charge in [-0.3, -0.25) is 10.1 Å². The van der Waals surface area contributed by atoms with Gasteiger partial charge in [-0.15, -0.1) is 0 Å². The van der Waals surface area contributed by atoms with Gasteiger partial charge in [-0.25, -0.2) is 0 Å². The van der Waals surface area contributed by atoms with Gasteiger partial charge in [0.05, 0.1) is 29.0 Å². The van der Waals surface area contributed by atoms with Gasteiger partial charge in [-0.2, -0.15) is 0 Å². The van der Waals surface area contributed by atoms with Crippen molar-refractivity contribution < 1.29 is 14.8 Å². The van der Waals surface area contributed by atoms with Crippen LogP contribution in [0.2, 0.25) is 0 Å². The van der Waals surface area contributed by atoms with Crippen molar-refractivity contribution in [2.24, 2.45) is 0 Å². The fourth-order valence-electron chi connectivity index (χ4n) is 2.65. The monoisotopic (exact) mass is 248 g/mol. The summed E-state index contributed by atoms with van der Waals surface area (Å²) in [7, 11) is 1.41. The van der Waals surface area contributed by atoms with Crippen molar-refractivity contribution in [3.63, 3.8) is 0 Å². The Labute approximate surface area is 102 Å². The molecule has 0 aliphatic heterocycles. The summed E-state index contributed by atoms with van der Waals surface area (Å²) in [6.07, 6.45) is 0.689. The number of benzene rings is 1. The number of hydrogen-bond donors (Lipinski definition) is 2. The first kappa shape index (κ1) is 11.0. The zero-order chi connectivity index (χ0) is 12.9. The Morgan fingerprint density at radius 2 is 2.33 bits per heavy atom. The minimum Gasteiger partial charge on any atom is -0.490 e. The van der Waals surface area contributed by atoms with E-state index in [1.54, 1.807) is 12.1 Å². The maximum Gasteiger partial charge on any atom is 0.320 e. The van der Waals surface area contributed by atoms with Crippen LogP contribution in [0.15, 0.2) is 12.1 Å². The van der Waals surface area contributed by atoms with Crippen LogP contribution in [0.25, 0.3) is 10.9 Å². The van der Waals surface area contributed by atoms with Crippen molar-refractivity contribution in [3.8, 4) is 5.75 Å². The molecule has 1 atom stereocenters. The maximum atomic E-state index is 11.2. The molecule has 1 aromatic carbocycles. The van der Waals surface area contributed by atoms with E-state index in [-0.39, 0.29) is 11.4 Å². The van der Waals surface area contributed by atoms with Crippen molar-refractivity contribution in [1.29, 1.82) is 0 Å². The second kappa shape index (κ2) is 3.71. The molecule has 6 heteroatoms. The number of hydrogen-bond acceptors (Lipinski definition) is 4. The first-order valence-electron chi connectivity index (χ1n) is 5.67. The number of aromatic nitrogens is 1. The second-order valence-corrected chi connectivity index (χ2v) is 4.37. The van der Waals surface area contributed by atoms with E-state index in [9.17, 15) is 15.2 Å². The van der Waals surface area contributed by atoms with Gasteiger partial charge >= 0.3 is 5.69 Å². The molecule has 0 amide bonds. The largest absolute Gasteiger partial charge is 0.490 e. The number of rotatable bonds is 2. The number of methoxy groups -OCH3 is 1. The average Bonchev–Trinajstić information content (AvgIpc) is 2.88. The quantitative estimate of drug-likeness (QED) is 0.629. The van der Waals surface area contributed by atoms with Gasteiger partial charge in [-0.05, 0) is 30.5 Å². The molecule has 94 valence electrons. The third-order valence-corrected chi connectivity index (χ3v) is 3.44. The predicted octanol–water partition coefficient (Wildman–Crippen LogP) is 2.06. The number of H-pyrrole nitrogens is 1. The number of nitrogens with one attached hydrogen (secondary N) is 1. The lowest BCUT2D eigenvalue weighted by Gasteiger charge is -2.03. The third-order valence-electron chi connectivity index (χ3n) is 3.44. The highest BCUT2D eigenvalue weighted by molar-refractivity contribution is 5.96. The summed E-state index contributed by atoms with van der Waals surface area (Å²) < 4.78 is 5.05. The Balaban J connectivity index is 2.40. The molecule has 0 fully saturated rings. The minimum atomic E-state index is -0.557. The van der Waals surface area contributed by atoms with Gasteiger partial charge in [0, 0.05) is 5.69 Å². The van der Waals surface area contributed by atoms with E-state index in [1.165, 1.54) is 7.11 Å². The van der Waals surface area contributed by atoms with Crippen LogP contribution in [0, 0.1) is 10.1 Å². The fourth-order valence-corrected chi connectivity index (χ4v) is 2.65. The molecule has 3 rings (SSSR count). The number of aromatic amines is 1. The standard InChI is InChI=1S/C12H12N2O4/c1-18-9-5-3-7-10(12(9)14(16)17)6-2-4-8(15)11(6)13-7/h3,5,8,13,15H,2,4H2,1H3. The molecule has 18 heavy (non-hydrogen) atoms. The lowest BCUT2D eigenvalue weighted by atomic mass is 10.1. The highest BCUT2D eigenvalue weighted by Crippen LogP contribution is 2.43. The van der Waals surface area contributed by atoms with E-state index < -0.39 is 11.0 Å². The molecule has 1 aromatic heterocycles. The molecule has 0 radical (unpaired) electrons. The van der Waals surface area contributed by atoms with E-state index in [0.29, 0.717) is 29.4 Å². The molecule has 0 saturated carbocycles. The average molecular weight is 248 g/mol. The topological polar surface area (TPSA) is 88.4 Å². The predicted molar refractivity (Wildman–Crippen MR) is 64.8 cm³/mol. The smallest absolute Gasteiger partial charge is 0.320 e. The molecule has 1 heterocycles. The molecular formula is C12H12N2O4. The zero-order valence-corrected chi connectivity index (χ0v) is 9.77. The van der Waals surface area contributed by atoms with E-state index >= 15 is 0 Å². The van der Waals surface area contributed by atoms with Crippen LogP contribution in [-0.4, -0.2) is 22.1 Å². The summed E-state index contributed by atoms with van der Waals surface area (Å²) in [6, 6.07) is 3.31. The summed E-state index contributed by atoms with van der Waals surface area (Å²) in [4.78, 5) is 13.9. The lowest BCUT2D eigenvalue weighted by Crippen LogP contribution is -1.95. The highest BCUT2D eigenvalue weighted by Gasteiger charge is 2.31. The van der Waals surface area contributed by atoms with Crippen LogP contribution < -0.4 is 4.74 Å². The Kier molecular flexibility index (Phi) is 2.27. The van der Waals surface area contributed by atoms with Crippen molar-refractivity contribution in [2.75, 3.05) is 7.11 Å². The first-order valence-corrected chi connectivity index (χ1v) is 5.67. The number of ether oxygens (including phenoxy) is 1. The molecule has 6 nitrogen and oxygen atoms in total. The van der Waals surface area contributed by atoms with E-state index in [2.05, 4.69) is 4.98 Å². The van der Waals surface area contributed by atoms with Crippen molar-refractivity contribution in [3.05, 3.63) is 33.5 Å². The molecule has 1 aliphatic carbocycles. The Hall–Kier alpha value is -2.08. The van der Waals surface area contributed by atoms with Crippen LogP contribution in [0.5, 0.6) is 5.75 Å². The zero-order valence-electron chi connectivity index (χ0n) is 9.77. The Morgan fingerprint density at radius 1 is 1.56 bits per heavy atom. The number of fused-ring (bicyclic) bond motifs is 3. The summed E-state index contributed by atoms with van der Waals surface area (Å²) in [5.41, 5.74) is 2.18. The molecule has 0 spiro atoms. The highest BCUT2D eigenvalue weighted by atomic mass is 16.6. The van der Waals surface area contributed by atoms with Gasteiger partial charge in [0.25, 0.3) is 0 Å². The van der Waals surface area contributed by atoms with E-state index in [0.717, 1.165) is 5.56 Å². The fraction of sp³-hybridized carbons (Fsp3) is 0.333. The first-order chi connectivity index (χ1) is 8.63. The van der Waals surface area contributed by atoms with Gasteiger partial charge in [0.15, 0.2) is 5.75 Å². The second-order valence-electron chi connectivity index (χ2n) is 4.37. The molecule has 1 unspecified atom stereocenters. The molecular weight excluding hydrogens is 236 g/mol.